The van der Waals surface area contributed by atoms with Gasteiger partial charge in [0.1, 0.15) is 11.6 Å². The van der Waals surface area contributed by atoms with Gasteiger partial charge < -0.3 is 10.1 Å². The van der Waals surface area contributed by atoms with Crippen molar-refractivity contribution in [1.82, 2.24) is 5.32 Å². The third-order valence-electron chi connectivity index (χ3n) is 4.63. The number of nitrogens with one attached hydrogen (secondary N) is 1. The molecule has 1 N–H and O–H groups in total. The Hall–Kier alpha value is -3.39. The minimum absolute atomic E-state index is 0.0761. The molecule has 31 heavy (non-hydrogen) atoms. The van der Waals surface area contributed by atoms with Gasteiger partial charge in [0.25, 0.3) is 15.9 Å². The van der Waals surface area contributed by atoms with E-state index >= 15 is 0 Å². The van der Waals surface area contributed by atoms with Crippen molar-refractivity contribution in [3.05, 3.63) is 89.7 Å². The number of hydrogen-bond donors (Lipinski definition) is 1. The fourth-order valence-electron chi connectivity index (χ4n) is 2.95. The quantitative estimate of drug-likeness (QED) is 0.573. The number of para-hydroxylation sites is 1. The minimum Gasteiger partial charge on any atom is -0.494 e. The lowest BCUT2D eigenvalue weighted by molar-refractivity contribution is 0.0950. The van der Waals surface area contributed by atoms with Gasteiger partial charge in [0.15, 0.2) is 0 Å². The number of sulfonamides is 1. The zero-order valence-corrected chi connectivity index (χ0v) is 18.0. The first-order chi connectivity index (χ1) is 14.8. The van der Waals surface area contributed by atoms with Crippen molar-refractivity contribution in [2.24, 2.45) is 0 Å². The number of nitrogens with zero attached hydrogens (tertiary/aromatic N) is 1. The molecule has 0 atom stereocenters. The van der Waals surface area contributed by atoms with Crippen molar-refractivity contribution in [1.29, 1.82) is 0 Å². The van der Waals surface area contributed by atoms with Crippen LogP contribution in [-0.4, -0.2) is 28.0 Å². The number of anilines is 1. The van der Waals surface area contributed by atoms with E-state index in [1.807, 2.05) is 31.2 Å². The molecule has 3 aromatic carbocycles. The van der Waals surface area contributed by atoms with Gasteiger partial charge in [-0.05, 0) is 55.0 Å². The first kappa shape index (κ1) is 22.3. The van der Waals surface area contributed by atoms with Gasteiger partial charge in [-0.15, -0.1) is 0 Å². The Labute approximate surface area is 181 Å². The molecular formula is C23H23FN2O4S. The van der Waals surface area contributed by atoms with E-state index in [0.29, 0.717) is 6.61 Å². The molecule has 0 heterocycles. The monoisotopic (exact) mass is 442 g/mol. The molecular weight excluding hydrogens is 419 g/mol. The summed E-state index contributed by atoms with van der Waals surface area (Å²) in [6, 6.07) is 18.6. The Morgan fingerprint density at radius 2 is 1.74 bits per heavy atom. The van der Waals surface area contributed by atoms with Crippen molar-refractivity contribution < 1.29 is 22.3 Å². The first-order valence-corrected chi connectivity index (χ1v) is 11.1. The SMILES string of the molecule is CCOc1ccc(CNC(=O)c2cccc(S(=O)(=O)N(C)c3ccccc3F)c2)cc1. The van der Waals surface area contributed by atoms with Crippen LogP contribution < -0.4 is 14.4 Å². The van der Waals surface area contributed by atoms with E-state index in [9.17, 15) is 17.6 Å². The van der Waals surface area contributed by atoms with Crippen LogP contribution in [0, 0.1) is 5.82 Å². The van der Waals surface area contributed by atoms with Crippen LogP contribution in [0.3, 0.4) is 0 Å². The Balaban J connectivity index is 1.74. The molecule has 0 radical (unpaired) electrons. The zero-order chi connectivity index (χ0) is 22.4. The second-order valence-corrected chi connectivity index (χ2v) is 8.68. The van der Waals surface area contributed by atoms with Gasteiger partial charge in [0, 0.05) is 19.2 Å². The van der Waals surface area contributed by atoms with Gasteiger partial charge in [-0.1, -0.05) is 30.3 Å². The van der Waals surface area contributed by atoms with Gasteiger partial charge >= 0.3 is 0 Å². The van der Waals surface area contributed by atoms with Gasteiger partial charge in [-0.25, -0.2) is 12.8 Å². The maximum Gasteiger partial charge on any atom is 0.264 e. The lowest BCUT2D eigenvalue weighted by atomic mass is 10.2. The topological polar surface area (TPSA) is 75.7 Å². The zero-order valence-electron chi connectivity index (χ0n) is 17.2. The van der Waals surface area contributed by atoms with Gasteiger partial charge in [-0.3, -0.25) is 9.10 Å². The highest BCUT2D eigenvalue weighted by Gasteiger charge is 2.24. The number of carbonyl (C=O) groups is 1. The Morgan fingerprint density at radius 1 is 1.03 bits per heavy atom. The molecule has 3 aromatic rings. The van der Waals surface area contributed by atoms with Crippen LogP contribution in [0.4, 0.5) is 10.1 Å². The van der Waals surface area contributed by atoms with Gasteiger partial charge in [0.05, 0.1) is 17.2 Å². The number of amides is 1. The number of carbonyl (C=O) groups excluding carboxylic acids is 1. The first-order valence-electron chi connectivity index (χ1n) is 9.66. The van der Waals surface area contributed by atoms with Crippen LogP contribution in [0.15, 0.2) is 77.7 Å². The van der Waals surface area contributed by atoms with Crippen LogP contribution >= 0.6 is 0 Å². The molecule has 0 bridgehead atoms. The summed E-state index contributed by atoms with van der Waals surface area (Å²) in [5.74, 6) is -0.327. The van der Waals surface area contributed by atoms with E-state index in [0.717, 1.165) is 15.6 Å². The summed E-state index contributed by atoms with van der Waals surface area (Å²) in [5.41, 5.74) is 0.988. The average Bonchev–Trinajstić information content (AvgIpc) is 2.78. The third kappa shape index (κ3) is 5.21. The van der Waals surface area contributed by atoms with Crippen molar-refractivity contribution in [3.63, 3.8) is 0 Å². The molecule has 0 spiro atoms. The predicted octanol–water partition coefficient (Wildman–Crippen LogP) is 3.98. The number of hydrogen-bond acceptors (Lipinski definition) is 4. The Kier molecular flexibility index (Phi) is 6.91. The van der Waals surface area contributed by atoms with E-state index in [4.69, 9.17) is 4.74 Å². The highest BCUT2D eigenvalue weighted by atomic mass is 32.2. The number of ether oxygens (including phenoxy) is 1. The molecule has 162 valence electrons. The molecule has 3 rings (SSSR count). The summed E-state index contributed by atoms with van der Waals surface area (Å²) in [7, 11) is -2.78. The Bertz CT molecular complexity index is 1160. The van der Waals surface area contributed by atoms with E-state index in [-0.39, 0.29) is 22.7 Å². The van der Waals surface area contributed by atoms with Crippen molar-refractivity contribution in [2.45, 2.75) is 18.4 Å². The fourth-order valence-corrected chi connectivity index (χ4v) is 4.20. The predicted molar refractivity (Wildman–Crippen MR) is 117 cm³/mol. The molecule has 0 aliphatic carbocycles. The summed E-state index contributed by atoms with van der Waals surface area (Å²) < 4.78 is 46.2. The van der Waals surface area contributed by atoms with Crippen LogP contribution in [-0.2, 0) is 16.6 Å². The van der Waals surface area contributed by atoms with Crippen molar-refractivity contribution in [2.75, 3.05) is 18.0 Å². The van der Waals surface area contributed by atoms with Crippen molar-refractivity contribution >= 4 is 21.6 Å². The molecule has 0 aromatic heterocycles. The smallest absolute Gasteiger partial charge is 0.264 e. The molecule has 0 fully saturated rings. The Morgan fingerprint density at radius 3 is 2.42 bits per heavy atom. The summed E-state index contributed by atoms with van der Waals surface area (Å²) >= 11 is 0. The summed E-state index contributed by atoms with van der Waals surface area (Å²) in [4.78, 5) is 12.5. The molecule has 0 saturated carbocycles. The van der Waals surface area contributed by atoms with Crippen LogP contribution in [0.2, 0.25) is 0 Å². The number of benzene rings is 3. The van der Waals surface area contributed by atoms with E-state index in [2.05, 4.69) is 5.32 Å². The maximum absolute atomic E-state index is 14.0. The molecule has 0 aliphatic rings. The maximum atomic E-state index is 14.0. The number of halogens is 1. The van der Waals surface area contributed by atoms with Gasteiger partial charge in [0.2, 0.25) is 0 Å². The fraction of sp³-hybridized carbons (Fsp3) is 0.174. The van der Waals surface area contributed by atoms with E-state index in [1.54, 1.807) is 6.07 Å². The second-order valence-electron chi connectivity index (χ2n) is 6.71. The van der Waals surface area contributed by atoms with Crippen molar-refractivity contribution in [3.8, 4) is 5.75 Å². The molecule has 6 nitrogen and oxygen atoms in total. The summed E-state index contributed by atoms with van der Waals surface area (Å²) in [6.07, 6.45) is 0. The van der Waals surface area contributed by atoms with E-state index < -0.39 is 21.7 Å². The minimum atomic E-state index is -4.05. The molecule has 8 heteroatoms. The van der Waals surface area contributed by atoms with Gasteiger partial charge in [-0.2, -0.15) is 0 Å². The third-order valence-corrected chi connectivity index (χ3v) is 6.40. The largest absolute Gasteiger partial charge is 0.494 e. The lowest BCUT2D eigenvalue weighted by Crippen LogP contribution is -2.28. The second kappa shape index (κ2) is 9.61. The number of rotatable bonds is 8. The van der Waals surface area contributed by atoms with Crippen LogP contribution in [0.1, 0.15) is 22.8 Å². The molecule has 0 saturated heterocycles. The summed E-state index contributed by atoms with van der Waals surface area (Å²) in [6.45, 7) is 2.75. The highest BCUT2D eigenvalue weighted by molar-refractivity contribution is 7.92. The normalized spacial score (nSPS) is 11.1. The average molecular weight is 443 g/mol. The molecule has 1 amide bonds. The summed E-state index contributed by atoms with van der Waals surface area (Å²) in [5, 5.41) is 2.77. The molecule has 0 aliphatic heterocycles. The van der Waals surface area contributed by atoms with Crippen LogP contribution in [0.25, 0.3) is 0 Å². The molecule has 0 unspecified atom stereocenters. The van der Waals surface area contributed by atoms with E-state index in [1.165, 1.54) is 49.5 Å². The standard InChI is InChI=1S/C23H23FN2O4S/c1-3-30-19-13-11-17(12-14-19)16-25-23(27)18-7-6-8-20(15-18)31(28,29)26(2)22-10-5-4-9-21(22)24/h4-15H,3,16H2,1-2H3,(H,25,27). The van der Waals surface area contributed by atoms with Crippen LogP contribution in [0.5, 0.6) is 5.75 Å². The lowest BCUT2D eigenvalue weighted by Gasteiger charge is -2.20. The highest BCUT2D eigenvalue weighted by Crippen LogP contribution is 2.25.